The maximum absolute atomic E-state index is 13.6. The molecule has 26 heavy (non-hydrogen) atoms. The monoisotopic (exact) mass is 451 g/mol. The van der Waals surface area contributed by atoms with E-state index in [1.807, 2.05) is 6.07 Å². The second kappa shape index (κ2) is 11.3. The lowest BCUT2D eigenvalue weighted by Crippen LogP contribution is -2.27. The van der Waals surface area contributed by atoms with Crippen molar-refractivity contribution in [2.45, 2.75) is 11.5 Å². The van der Waals surface area contributed by atoms with E-state index < -0.39 is 0 Å². The Morgan fingerprint density at radius 2 is 1.81 bits per heavy atom. The molecule has 1 N–H and O–H groups in total. The number of hydrogen-bond donors (Lipinski definition) is 1. The number of carbonyl (C=O) groups excluding carboxylic acids is 1. The minimum atomic E-state index is -0.298. The van der Waals surface area contributed by atoms with Crippen LogP contribution in [0.5, 0.6) is 0 Å². The fourth-order valence-corrected chi connectivity index (χ4v) is 4.37. The Morgan fingerprint density at radius 1 is 1.00 bits per heavy atom. The van der Waals surface area contributed by atoms with Gasteiger partial charge < -0.3 is 5.32 Å². The number of amides is 1. The zero-order chi connectivity index (χ0) is 18.9. The topological polar surface area (TPSA) is 29.1 Å². The molecule has 2 nitrogen and oxygen atoms in total. The molecule has 2 aromatic rings. The molecule has 0 aliphatic heterocycles. The van der Waals surface area contributed by atoms with Gasteiger partial charge in [0.1, 0.15) is 5.82 Å². The number of carbonyl (C=O) groups is 1. The van der Waals surface area contributed by atoms with Crippen LogP contribution in [0.4, 0.5) is 4.39 Å². The minimum Gasteiger partial charge on any atom is -0.355 e. The molecule has 0 fully saturated rings. The van der Waals surface area contributed by atoms with Crippen molar-refractivity contribution in [2.75, 3.05) is 18.1 Å². The number of hydrogen-bond acceptors (Lipinski definition) is 3. The molecule has 2 aromatic carbocycles. The number of nitrogens with one attached hydrogen (secondary N) is 1. The van der Waals surface area contributed by atoms with Crippen molar-refractivity contribution in [1.29, 1.82) is 0 Å². The molecule has 0 spiro atoms. The Bertz CT molecular complexity index is 741. The normalized spacial score (nSPS) is 10.8. The standard InChI is InChI=1S/C18H17Cl3FNOS2/c19-14-2-1-3-17(22)13(14)10-25-7-6-23-18(24)11-26-9-12-4-5-15(20)16(21)8-12/h1-5,8H,6-7,9-11H2,(H,23,24). The van der Waals surface area contributed by atoms with Crippen LogP contribution in [0.1, 0.15) is 11.1 Å². The average Bonchev–Trinajstić information content (AvgIpc) is 2.60. The molecule has 1 amide bonds. The largest absolute Gasteiger partial charge is 0.355 e. The summed E-state index contributed by atoms with van der Waals surface area (Å²) in [6.07, 6.45) is 0. The first-order valence-electron chi connectivity index (χ1n) is 7.76. The van der Waals surface area contributed by atoms with Gasteiger partial charge in [-0.2, -0.15) is 11.8 Å². The Hall–Kier alpha value is -0.590. The van der Waals surface area contributed by atoms with E-state index in [1.54, 1.807) is 24.3 Å². The van der Waals surface area contributed by atoms with Crippen molar-refractivity contribution >= 4 is 64.2 Å². The highest BCUT2D eigenvalue weighted by Crippen LogP contribution is 2.25. The van der Waals surface area contributed by atoms with Crippen LogP contribution in [0.3, 0.4) is 0 Å². The lowest BCUT2D eigenvalue weighted by molar-refractivity contribution is -0.118. The number of halogens is 4. The van der Waals surface area contributed by atoms with Gasteiger partial charge in [-0.1, -0.05) is 46.9 Å². The molecule has 0 bridgehead atoms. The van der Waals surface area contributed by atoms with E-state index in [0.717, 1.165) is 5.56 Å². The van der Waals surface area contributed by atoms with E-state index in [4.69, 9.17) is 34.8 Å². The molecule has 0 saturated carbocycles. The van der Waals surface area contributed by atoms with Crippen LogP contribution in [-0.4, -0.2) is 24.0 Å². The summed E-state index contributed by atoms with van der Waals surface area (Å²) in [6, 6.07) is 10.1. The van der Waals surface area contributed by atoms with Crippen LogP contribution < -0.4 is 5.32 Å². The third-order valence-corrected chi connectivity index (χ3v) is 6.45. The Morgan fingerprint density at radius 3 is 2.54 bits per heavy atom. The van der Waals surface area contributed by atoms with Gasteiger partial charge in [-0.15, -0.1) is 11.8 Å². The molecule has 140 valence electrons. The van der Waals surface area contributed by atoms with Crippen molar-refractivity contribution in [2.24, 2.45) is 0 Å². The van der Waals surface area contributed by atoms with Gasteiger partial charge in [0.2, 0.25) is 5.91 Å². The molecule has 0 saturated heterocycles. The third-order valence-electron chi connectivity index (χ3n) is 3.36. The Balaban J connectivity index is 1.59. The molecule has 8 heteroatoms. The average molecular weight is 453 g/mol. The van der Waals surface area contributed by atoms with E-state index in [2.05, 4.69) is 5.32 Å². The molecule has 0 atom stereocenters. The van der Waals surface area contributed by atoms with Gasteiger partial charge in [0.05, 0.1) is 15.8 Å². The van der Waals surface area contributed by atoms with Crippen LogP contribution in [0.2, 0.25) is 15.1 Å². The maximum Gasteiger partial charge on any atom is 0.230 e. The quantitative estimate of drug-likeness (QED) is 0.468. The molecule has 0 aliphatic carbocycles. The van der Waals surface area contributed by atoms with Gasteiger partial charge in [-0.05, 0) is 29.8 Å². The smallest absolute Gasteiger partial charge is 0.230 e. The molecular formula is C18H17Cl3FNOS2. The van der Waals surface area contributed by atoms with Crippen molar-refractivity contribution in [1.82, 2.24) is 5.32 Å². The summed E-state index contributed by atoms with van der Waals surface area (Å²) in [5.74, 6) is 1.89. The van der Waals surface area contributed by atoms with E-state index in [0.29, 0.717) is 50.2 Å². The van der Waals surface area contributed by atoms with Crippen molar-refractivity contribution < 1.29 is 9.18 Å². The summed E-state index contributed by atoms with van der Waals surface area (Å²) < 4.78 is 13.6. The van der Waals surface area contributed by atoms with Crippen LogP contribution in [0.25, 0.3) is 0 Å². The summed E-state index contributed by atoms with van der Waals surface area (Å²) in [5, 5.41) is 4.32. The molecule has 0 heterocycles. The lowest BCUT2D eigenvalue weighted by atomic mass is 10.2. The summed E-state index contributed by atoms with van der Waals surface area (Å²) >= 11 is 20.8. The third kappa shape index (κ3) is 7.20. The first kappa shape index (κ1) is 21.7. The van der Waals surface area contributed by atoms with Crippen LogP contribution in [0.15, 0.2) is 36.4 Å². The maximum atomic E-state index is 13.6. The number of rotatable bonds is 9. The number of thioether (sulfide) groups is 2. The summed E-state index contributed by atoms with van der Waals surface area (Å²) in [5.41, 5.74) is 1.53. The predicted octanol–water partition coefficient (Wildman–Crippen LogP) is 6.07. The second-order valence-corrected chi connectivity index (χ2v) is 8.66. The highest BCUT2D eigenvalue weighted by molar-refractivity contribution is 7.99. The van der Waals surface area contributed by atoms with E-state index in [1.165, 1.54) is 29.6 Å². The molecular weight excluding hydrogens is 436 g/mol. The van der Waals surface area contributed by atoms with Crippen LogP contribution in [-0.2, 0) is 16.3 Å². The lowest BCUT2D eigenvalue weighted by Gasteiger charge is -2.07. The highest BCUT2D eigenvalue weighted by atomic mass is 35.5. The zero-order valence-corrected chi connectivity index (χ0v) is 17.6. The van der Waals surface area contributed by atoms with E-state index in [-0.39, 0.29) is 11.7 Å². The molecule has 0 aromatic heterocycles. The zero-order valence-electron chi connectivity index (χ0n) is 13.7. The first-order chi connectivity index (χ1) is 12.5. The molecule has 0 unspecified atom stereocenters. The second-order valence-electron chi connectivity index (χ2n) is 5.34. The SMILES string of the molecule is O=C(CSCc1ccc(Cl)c(Cl)c1)NCCSCc1c(F)cccc1Cl. The summed E-state index contributed by atoms with van der Waals surface area (Å²) in [6.45, 7) is 0.531. The fraction of sp³-hybridized carbons (Fsp3) is 0.278. The first-order valence-corrected chi connectivity index (χ1v) is 11.2. The number of benzene rings is 2. The fourth-order valence-electron chi connectivity index (χ4n) is 2.05. The molecule has 2 rings (SSSR count). The van der Waals surface area contributed by atoms with Crippen molar-refractivity contribution in [3.8, 4) is 0 Å². The molecule has 0 aliphatic rings. The minimum absolute atomic E-state index is 0.0282. The van der Waals surface area contributed by atoms with Crippen LogP contribution >= 0.6 is 58.3 Å². The molecule has 0 radical (unpaired) electrons. The van der Waals surface area contributed by atoms with Crippen molar-refractivity contribution in [3.05, 3.63) is 68.4 Å². The van der Waals surface area contributed by atoms with Gasteiger partial charge in [0.25, 0.3) is 0 Å². The predicted molar refractivity (Wildman–Crippen MR) is 113 cm³/mol. The van der Waals surface area contributed by atoms with E-state index >= 15 is 0 Å². The summed E-state index contributed by atoms with van der Waals surface area (Å²) in [4.78, 5) is 11.8. The highest BCUT2D eigenvalue weighted by Gasteiger charge is 2.07. The Kier molecular flexibility index (Phi) is 9.43. The van der Waals surface area contributed by atoms with Crippen LogP contribution in [0, 0.1) is 5.82 Å². The summed E-state index contributed by atoms with van der Waals surface area (Å²) in [7, 11) is 0. The van der Waals surface area contributed by atoms with E-state index in [9.17, 15) is 9.18 Å². The van der Waals surface area contributed by atoms with Gasteiger partial charge in [-0.25, -0.2) is 4.39 Å². The van der Waals surface area contributed by atoms with Gasteiger partial charge in [-0.3, -0.25) is 4.79 Å². The van der Waals surface area contributed by atoms with Gasteiger partial charge in [0.15, 0.2) is 0 Å². The van der Waals surface area contributed by atoms with Gasteiger partial charge in [0, 0.05) is 34.4 Å². The Labute approximate surface area is 176 Å². The van der Waals surface area contributed by atoms with Gasteiger partial charge >= 0.3 is 0 Å². The van der Waals surface area contributed by atoms with Crippen molar-refractivity contribution in [3.63, 3.8) is 0 Å².